The maximum absolute atomic E-state index is 12.6. The molecule has 1 aromatic carbocycles. The Kier molecular flexibility index (Phi) is 3.52. The van der Waals surface area contributed by atoms with Crippen LogP contribution in [-0.2, 0) is 14.6 Å². The highest BCUT2D eigenvalue weighted by Gasteiger charge is 2.49. The molecule has 0 saturated carbocycles. The number of ketones is 1. The lowest BCUT2D eigenvalue weighted by atomic mass is 9.78. The molecule has 8 heteroatoms. The zero-order valence-corrected chi connectivity index (χ0v) is 14.7. The molecule has 1 aromatic heterocycles. The van der Waals surface area contributed by atoms with E-state index in [1.807, 2.05) is 0 Å². The minimum absolute atomic E-state index is 0.146. The molecule has 0 aliphatic carbocycles. The fourth-order valence-electron chi connectivity index (χ4n) is 3.00. The number of carbonyl (C=O) groups excluding carboxylic acids is 1. The average Bonchev–Trinajstić information content (AvgIpc) is 2.92. The smallest absolute Gasteiger partial charge is 0.204 e. The van der Waals surface area contributed by atoms with Gasteiger partial charge in [-0.1, -0.05) is 23.5 Å². The first-order chi connectivity index (χ1) is 11.4. The first-order valence-corrected chi connectivity index (χ1v) is 10.2. The number of nitrogens with zero attached hydrogens (tertiary/aromatic N) is 2. The summed E-state index contributed by atoms with van der Waals surface area (Å²) in [6.45, 7) is 3.44. The van der Waals surface area contributed by atoms with Crippen LogP contribution in [0.15, 0.2) is 35.4 Å². The van der Waals surface area contributed by atoms with Gasteiger partial charge in [-0.2, -0.15) is 0 Å². The predicted molar refractivity (Wildman–Crippen MR) is 90.6 cm³/mol. The van der Waals surface area contributed by atoms with Gasteiger partial charge in [-0.3, -0.25) is 4.79 Å². The van der Waals surface area contributed by atoms with Gasteiger partial charge in [0.15, 0.2) is 15.0 Å². The van der Waals surface area contributed by atoms with E-state index in [0.717, 1.165) is 37.7 Å². The van der Waals surface area contributed by atoms with Crippen molar-refractivity contribution in [3.8, 4) is 0 Å². The van der Waals surface area contributed by atoms with E-state index in [4.69, 9.17) is 4.74 Å². The van der Waals surface area contributed by atoms with Gasteiger partial charge in [0.1, 0.15) is 0 Å². The van der Waals surface area contributed by atoms with E-state index in [0.29, 0.717) is 15.9 Å². The lowest BCUT2D eigenvalue weighted by Crippen LogP contribution is -2.66. The summed E-state index contributed by atoms with van der Waals surface area (Å²) in [6, 6.07) is 6.12. The average molecular weight is 364 g/mol. The van der Waals surface area contributed by atoms with Crippen LogP contribution in [0.2, 0.25) is 0 Å². The predicted octanol–water partition coefficient (Wildman–Crippen LogP) is 1.61. The Labute approximate surface area is 144 Å². The van der Waals surface area contributed by atoms with Gasteiger partial charge >= 0.3 is 0 Å². The minimum Gasteiger partial charge on any atom is -0.380 e. The topological polar surface area (TPSA) is 76.6 Å². The lowest BCUT2D eigenvalue weighted by Gasteiger charge is -2.54. The third-order valence-corrected chi connectivity index (χ3v) is 6.55. The summed E-state index contributed by atoms with van der Waals surface area (Å²) >= 11 is 1.34. The number of benzene rings is 1. The molecule has 4 rings (SSSR count). The summed E-state index contributed by atoms with van der Waals surface area (Å²) in [7, 11) is -3.34. The molecular formula is C16H16N2O4S2. The zero-order valence-electron chi connectivity index (χ0n) is 13.1. The van der Waals surface area contributed by atoms with Crippen LogP contribution in [0.4, 0.5) is 5.13 Å². The molecule has 1 spiro atoms. The van der Waals surface area contributed by atoms with Crippen LogP contribution in [0.1, 0.15) is 15.2 Å². The summed E-state index contributed by atoms with van der Waals surface area (Å²) in [5, 5.41) is 0.829. The summed E-state index contributed by atoms with van der Waals surface area (Å²) in [4.78, 5) is 19.8. The molecule has 2 aromatic rings. The monoisotopic (exact) mass is 364 g/mol. The molecule has 0 radical (unpaired) electrons. The number of ether oxygens (including phenoxy) is 1. The number of aromatic nitrogens is 1. The van der Waals surface area contributed by atoms with Crippen LogP contribution in [0.5, 0.6) is 0 Å². The Hall–Kier alpha value is -1.77. The van der Waals surface area contributed by atoms with E-state index in [1.54, 1.807) is 18.3 Å². The highest BCUT2D eigenvalue weighted by molar-refractivity contribution is 7.90. The Morgan fingerprint density at radius 1 is 1.33 bits per heavy atom. The summed E-state index contributed by atoms with van der Waals surface area (Å²) in [6.07, 6.45) is 2.70. The van der Waals surface area contributed by atoms with Gasteiger partial charge in [0, 0.05) is 24.9 Å². The van der Waals surface area contributed by atoms with Crippen molar-refractivity contribution in [3.05, 3.63) is 40.9 Å². The highest BCUT2D eigenvalue weighted by atomic mass is 32.2. The number of anilines is 1. The van der Waals surface area contributed by atoms with Gasteiger partial charge in [-0.15, -0.1) is 0 Å². The van der Waals surface area contributed by atoms with Crippen molar-refractivity contribution in [3.63, 3.8) is 0 Å². The van der Waals surface area contributed by atoms with Gasteiger partial charge in [-0.25, -0.2) is 13.4 Å². The first-order valence-electron chi connectivity index (χ1n) is 7.50. The van der Waals surface area contributed by atoms with Crippen molar-refractivity contribution >= 4 is 32.1 Å². The molecule has 0 N–H and O–H groups in total. The minimum atomic E-state index is -3.34. The Morgan fingerprint density at radius 3 is 2.71 bits per heavy atom. The molecule has 3 heterocycles. The van der Waals surface area contributed by atoms with Crippen molar-refractivity contribution in [1.82, 2.24) is 4.98 Å². The van der Waals surface area contributed by atoms with Crippen molar-refractivity contribution in [2.24, 2.45) is 5.41 Å². The third kappa shape index (κ3) is 2.64. The molecule has 0 atom stereocenters. The molecule has 0 amide bonds. The molecule has 0 bridgehead atoms. The number of sulfone groups is 1. The quantitative estimate of drug-likeness (QED) is 0.767. The second-order valence-electron chi connectivity index (χ2n) is 6.49. The number of rotatable bonds is 4. The molecule has 2 saturated heterocycles. The fraction of sp³-hybridized carbons (Fsp3) is 0.375. The largest absolute Gasteiger partial charge is 0.380 e. The number of carbonyl (C=O) groups is 1. The molecular weight excluding hydrogens is 348 g/mol. The van der Waals surface area contributed by atoms with E-state index in [2.05, 4.69) is 9.88 Å². The van der Waals surface area contributed by atoms with E-state index < -0.39 is 9.84 Å². The van der Waals surface area contributed by atoms with Crippen molar-refractivity contribution in [2.75, 3.05) is 37.5 Å². The summed E-state index contributed by atoms with van der Waals surface area (Å²) in [5.41, 5.74) is 0.653. The summed E-state index contributed by atoms with van der Waals surface area (Å²) in [5.74, 6) is -0.202. The molecule has 2 fully saturated rings. The van der Waals surface area contributed by atoms with Crippen LogP contribution in [0, 0.1) is 5.41 Å². The second-order valence-corrected chi connectivity index (χ2v) is 9.51. The SMILES string of the molecule is CS(=O)(=O)c1cccc(C(=O)c2cnc(N3CC4(COC4)C3)s2)c1. The molecule has 6 nitrogen and oxygen atoms in total. The van der Waals surface area contributed by atoms with Crippen molar-refractivity contribution in [2.45, 2.75) is 4.90 Å². The fourth-order valence-corrected chi connectivity index (χ4v) is 4.54. The zero-order chi connectivity index (χ0) is 16.9. The van der Waals surface area contributed by atoms with Gasteiger partial charge < -0.3 is 9.64 Å². The molecule has 24 heavy (non-hydrogen) atoms. The third-order valence-electron chi connectivity index (χ3n) is 4.38. The van der Waals surface area contributed by atoms with Crippen LogP contribution in [0.25, 0.3) is 0 Å². The number of hydrogen-bond donors (Lipinski definition) is 0. The summed E-state index contributed by atoms with van der Waals surface area (Å²) < 4.78 is 28.5. The van der Waals surface area contributed by atoms with Crippen LogP contribution < -0.4 is 4.90 Å². The number of hydrogen-bond acceptors (Lipinski definition) is 7. The molecule has 126 valence electrons. The molecule has 0 unspecified atom stereocenters. The Bertz CT molecular complexity index is 908. The van der Waals surface area contributed by atoms with Gasteiger partial charge in [0.25, 0.3) is 0 Å². The standard InChI is InChI=1S/C16H16N2O4S2/c1-24(20,21)12-4-2-3-11(5-12)14(19)13-6-17-15(23-13)18-7-16(8-18)9-22-10-16/h2-6H,7-10H2,1H3. The number of thiazole rings is 1. The second kappa shape index (κ2) is 5.37. The first kappa shape index (κ1) is 15.7. The molecule has 2 aliphatic rings. The lowest BCUT2D eigenvalue weighted by molar-refractivity contribution is -0.127. The van der Waals surface area contributed by atoms with Crippen molar-refractivity contribution in [1.29, 1.82) is 0 Å². The van der Waals surface area contributed by atoms with Crippen LogP contribution >= 0.6 is 11.3 Å². The van der Waals surface area contributed by atoms with Gasteiger partial charge in [0.05, 0.1) is 34.6 Å². The van der Waals surface area contributed by atoms with E-state index in [9.17, 15) is 13.2 Å². The van der Waals surface area contributed by atoms with Crippen LogP contribution in [0.3, 0.4) is 0 Å². The normalized spacial score (nSPS) is 19.0. The maximum Gasteiger partial charge on any atom is 0.204 e. The maximum atomic E-state index is 12.6. The van der Waals surface area contributed by atoms with Gasteiger partial charge in [0.2, 0.25) is 5.78 Å². The van der Waals surface area contributed by atoms with Crippen LogP contribution in [-0.4, -0.2) is 51.7 Å². The van der Waals surface area contributed by atoms with Gasteiger partial charge in [-0.05, 0) is 12.1 Å². The Morgan fingerprint density at radius 2 is 2.08 bits per heavy atom. The molecule has 2 aliphatic heterocycles. The van der Waals surface area contributed by atoms with Crippen molar-refractivity contribution < 1.29 is 17.9 Å². The van der Waals surface area contributed by atoms with E-state index >= 15 is 0 Å². The van der Waals surface area contributed by atoms with E-state index in [-0.39, 0.29) is 10.7 Å². The highest BCUT2D eigenvalue weighted by Crippen LogP contribution is 2.41. The van der Waals surface area contributed by atoms with E-state index in [1.165, 1.54) is 23.5 Å². The Balaban J connectivity index is 1.53.